The van der Waals surface area contributed by atoms with Gasteiger partial charge in [-0.25, -0.2) is 4.39 Å². The van der Waals surface area contributed by atoms with E-state index in [0.717, 1.165) is 0 Å². The molecule has 0 saturated heterocycles. The number of rotatable bonds is 4. The van der Waals surface area contributed by atoms with Gasteiger partial charge in [-0.05, 0) is 24.1 Å². The smallest absolute Gasteiger partial charge is 0.254 e. The molecule has 0 aromatic heterocycles. The topological polar surface area (TPSA) is 29.1 Å². The molecule has 1 atom stereocenters. The second-order valence-corrected chi connectivity index (χ2v) is 4.82. The van der Waals surface area contributed by atoms with Crippen LogP contribution in [0, 0.1) is 11.7 Å². The summed E-state index contributed by atoms with van der Waals surface area (Å²) in [5.41, 5.74) is 0.0381. The molecular weight excluding hydrogens is 296 g/mol. The van der Waals surface area contributed by atoms with Crippen molar-refractivity contribution in [1.29, 1.82) is 0 Å². The van der Waals surface area contributed by atoms with Crippen molar-refractivity contribution in [3.8, 4) is 0 Å². The minimum Gasteiger partial charge on any atom is -0.352 e. The lowest BCUT2D eigenvalue weighted by molar-refractivity contribution is 0.0945. The van der Waals surface area contributed by atoms with Crippen LogP contribution in [-0.2, 0) is 0 Å². The normalized spacial score (nSPS) is 12.2. The Hall–Kier alpha value is -0.610. The summed E-state index contributed by atoms with van der Waals surface area (Å²) in [6.07, 6.45) is 0. The first kappa shape index (κ1) is 13.5. The van der Waals surface area contributed by atoms with E-state index in [1.807, 2.05) is 6.92 Å². The number of halogens is 3. The van der Waals surface area contributed by atoms with Crippen LogP contribution in [0.2, 0.25) is 0 Å². The largest absolute Gasteiger partial charge is 0.352 e. The van der Waals surface area contributed by atoms with E-state index in [1.165, 1.54) is 12.1 Å². The van der Waals surface area contributed by atoms with Crippen LogP contribution in [0.1, 0.15) is 17.3 Å². The molecule has 1 amide bonds. The fourth-order valence-electron chi connectivity index (χ4n) is 1.09. The summed E-state index contributed by atoms with van der Waals surface area (Å²) in [4.78, 5) is 11.6. The molecule has 2 nitrogen and oxygen atoms in total. The number of hydrogen-bond acceptors (Lipinski definition) is 1. The lowest BCUT2D eigenvalue weighted by atomic mass is 10.2. The van der Waals surface area contributed by atoms with Gasteiger partial charge in [-0.1, -0.05) is 22.9 Å². The Kier molecular flexibility index (Phi) is 5.22. The zero-order chi connectivity index (χ0) is 12.1. The number of alkyl halides is 1. The summed E-state index contributed by atoms with van der Waals surface area (Å²) in [5.74, 6) is -0.322. The van der Waals surface area contributed by atoms with Gasteiger partial charge < -0.3 is 5.32 Å². The Balaban J connectivity index is 2.69. The van der Waals surface area contributed by atoms with Crippen molar-refractivity contribution in [1.82, 2.24) is 5.32 Å². The standard InChI is InChI=1S/C11H12BrClFNO/c1-7(5-13)6-15-11(16)9-4-8(12)2-3-10(9)14/h2-4,7H,5-6H2,1H3,(H,15,16). The molecule has 88 valence electrons. The average molecular weight is 309 g/mol. The molecule has 1 rings (SSSR count). The molecule has 1 aromatic rings. The maximum Gasteiger partial charge on any atom is 0.254 e. The molecule has 1 N–H and O–H groups in total. The first-order valence-electron chi connectivity index (χ1n) is 4.83. The van der Waals surface area contributed by atoms with Crippen molar-refractivity contribution in [3.05, 3.63) is 34.1 Å². The predicted molar refractivity (Wildman–Crippen MR) is 66.3 cm³/mol. The van der Waals surface area contributed by atoms with Crippen LogP contribution in [0.25, 0.3) is 0 Å². The van der Waals surface area contributed by atoms with Gasteiger partial charge in [0.2, 0.25) is 0 Å². The number of nitrogens with one attached hydrogen (secondary N) is 1. The van der Waals surface area contributed by atoms with Crippen molar-refractivity contribution in [2.45, 2.75) is 6.92 Å². The van der Waals surface area contributed by atoms with Crippen LogP contribution in [0.4, 0.5) is 4.39 Å². The molecular formula is C11H12BrClFNO. The quantitative estimate of drug-likeness (QED) is 0.850. The molecule has 1 unspecified atom stereocenters. The number of carbonyl (C=O) groups is 1. The van der Waals surface area contributed by atoms with Crippen molar-refractivity contribution in [2.24, 2.45) is 5.92 Å². The molecule has 0 aliphatic heterocycles. The minimum absolute atomic E-state index is 0.0381. The fourth-order valence-corrected chi connectivity index (χ4v) is 1.56. The summed E-state index contributed by atoms with van der Waals surface area (Å²) >= 11 is 8.80. The summed E-state index contributed by atoms with van der Waals surface area (Å²) in [7, 11) is 0. The summed E-state index contributed by atoms with van der Waals surface area (Å²) in [6, 6.07) is 4.26. The van der Waals surface area contributed by atoms with Gasteiger partial charge in [0, 0.05) is 16.9 Å². The lowest BCUT2D eigenvalue weighted by Crippen LogP contribution is -2.29. The van der Waals surface area contributed by atoms with Gasteiger partial charge in [0.05, 0.1) is 5.56 Å². The highest BCUT2D eigenvalue weighted by Gasteiger charge is 2.12. The molecule has 0 fully saturated rings. The van der Waals surface area contributed by atoms with Crippen LogP contribution >= 0.6 is 27.5 Å². The number of amides is 1. The van der Waals surface area contributed by atoms with E-state index in [2.05, 4.69) is 21.2 Å². The molecule has 16 heavy (non-hydrogen) atoms. The maximum atomic E-state index is 13.3. The molecule has 5 heteroatoms. The zero-order valence-corrected chi connectivity index (χ0v) is 11.1. The van der Waals surface area contributed by atoms with E-state index in [1.54, 1.807) is 6.07 Å². The Morgan fingerprint density at radius 2 is 2.31 bits per heavy atom. The van der Waals surface area contributed by atoms with E-state index < -0.39 is 11.7 Å². The Morgan fingerprint density at radius 3 is 2.94 bits per heavy atom. The van der Waals surface area contributed by atoms with Gasteiger partial charge in [0.15, 0.2) is 0 Å². The van der Waals surface area contributed by atoms with Crippen LogP contribution in [0.5, 0.6) is 0 Å². The molecule has 0 bridgehead atoms. The van der Waals surface area contributed by atoms with E-state index >= 15 is 0 Å². The highest BCUT2D eigenvalue weighted by Crippen LogP contribution is 2.15. The van der Waals surface area contributed by atoms with Gasteiger partial charge in [-0.15, -0.1) is 11.6 Å². The molecule has 0 aliphatic carbocycles. The van der Waals surface area contributed by atoms with E-state index in [9.17, 15) is 9.18 Å². The van der Waals surface area contributed by atoms with E-state index in [0.29, 0.717) is 16.9 Å². The summed E-state index contributed by atoms with van der Waals surface area (Å²) < 4.78 is 14.0. The predicted octanol–water partition coefficient (Wildman–Crippen LogP) is 3.19. The fraction of sp³-hybridized carbons (Fsp3) is 0.364. The van der Waals surface area contributed by atoms with Gasteiger partial charge in [0.25, 0.3) is 5.91 Å². The maximum absolute atomic E-state index is 13.3. The summed E-state index contributed by atoms with van der Waals surface area (Å²) in [6.45, 7) is 2.35. The first-order valence-corrected chi connectivity index (χ1v) is 6.16. The van der Waals surface area contributed by atoms with Gasteiger partial charge in [-0.2, -0.15) is 0 Å². The Bertz CT molecular complexity index is 386. The highest BCUT2D eigenvalue weighted by atomic mass is 79.9. The van der Waals surface area contributed by atoms with Crippen LogP contribution in [0.15, 0.2) is 22.7 Å². The minimum atomic E-state index is -0.528. The highest BCUT2D eigenvalue weighted by molar-refractivity contribution is 9.10. The molecule has 0 aliphatic rings. The van der Waals surface area contributed by atoms with Crippen molar-refractivity contribution in [3.63, 3.8) is 0 Å². The molecule has 0 radical (unpaired) electrons. The third-order valence-corrected chi connectivity index (χ3v) is 3.07. The number of benzene rings is 1. The third-order valence-electron chi connectivity index (χ3n) is 2.05. The van der Waals surface area contributed by atoms with Gasteiger partial charge >= 0.3 is 0 Å². The van der Waals surface area contributed by atoms with Crippen molar-refractivity contribution >= 4 is 33.4 Å². The van der Waals surface area contributed by atoms with Gasteiger partial charge in [0.1, 0.15) is 5.82 Å². The molecule has 0 saturated carbocycles. The number of carbonyl (C=O) groups excluding carboxylic acids is 1. The van der Waals surface area contributed by atoms with E-state index in [4.69, 9.17) is 11.6 Å². The lowest BCUT2D eigenvalue weighted by Gasteiger charge is -2.10. The molecule has 0 heterocycles. The monoisotopic (exact) mass is 307 g/mol. The van der Waals surface area contributed by atoms with E-state index in [-0.39, 0.29) is 11.5 Å². The van der Waals surface area contributed by atoms with Crippen LogP contribution in [-0.4, -0.2) is 18.3 Å². The van der Waals surface area contributed by atoms with Crippen molar-refractivity contribution < 1.29 is 9.18 Å². The third kappa shape index (κ3) is 3.76. The van der Waals surface area contributed by atoms with Gasteiger partial charge in [-0.3, -0.25) is 4.79 Å². The summed E-state index contributed by atoms with van der Waals surface area (Å²) in [5, 5.41) is 2.63. The molecule has 1 aromatic carbocycles. The average Bonchev–Trinajstić information content (AvgIpc) is 2.28. The SMILES string of the molecule is CC(CCl)CNC(=O)c1cc(Br)ccc1F. The molecule has 0 spiro atoms. The second kappa shape index (κ2) is 6.21. The zero-order valence-electron chi connectivity index (χ0n) is 8.77. The number of hydrogen-bond donors (Lipinski definition) is 1. The van der Waals surface area contributed by atoms with Crippen LogP contribution < -0.4 is 5.32 Å². The van der Waals surface area contributed by atoms with Crippen molar-refractivity contribution in [2.75, 3.05) is 12.4 Å². The van der Waals surface area contributed by atoms with Crippen LogP contribution in [0.3, 0.4) is 0 Å². The first-order chi connectivity index (χ1) is 7.54. The Morgan fingerprint density at radius 1 is 1.62 bits per heavy atom. The Labute approximate surface area is 107 Å². The second-order valence-electron chi connectivity index (χ2n) is 3.59.